The lowest BCUT2D eigenvalue weighted by Crippen LogP contribution is -2.03. The Labute approximate surface area is 164 Å². The quantitative estimate of drug-likeness (QED) is 0.507. The van der Waals surface area contributed by atoms with Crippen molar-refractivity contribution < 1.29 is 13.8 Å². The largest absolute Gasteiger partial charge is 0.493 e. The molecule has 0 aliphatic heterocycles. The molecule has 3 aromatic rings. The second-order valence-electron chi connectivity index (χ2n) is 8.06. The maximum Gasteiger partial charge on any atom is 0.230 e. The van der Waals surface area contributed by atoms with Crippen molar-refractivity contribution in [1.82, 2.24) is 15.3 Å². The van der Waals surface area contributed by atoms with Crippen molar-refractivity contribution in [2.45, 2.75) is 64.2 Å². The van der Waals surface area contributed by atoms with Crippen LogP contribution in [0, 0.1) is 13.8 Å². The Morgan fingerprint density at radius 1 is 1.04 bits per heavy atom. The molecule has 0 unspecified atom stereocenters. The van der Waals surface area contributed by atoms with E-state index in [-0.39, 0.29) is 0 Å². The molecular weight excluding hydrogens is 354 g/mol. The summed E-state index contributed by atoms with van der Waals surface area (Å²) >= 11 is 0. The topological polar surface area (TPSA) is 74.2 Å². The van der Waals surface area contributed by atoms with Crippen molar-refractivity contribution in [3.05, 3.63) is 46.7 Å². The van der Waals surface area contributed by atoms with Crippen LogP contribution < -0.4 is 4.74 Å². The number of nitrogens with zero attached hydrogens (tertiary/aromatic N) is 3. The van der Waals surface area contributed by atoms with Gasteiger partial charge in [0, 0.05) is 35.4 Å². The SMILES string of the molecule is Cc1ccc(-c2noc(C3CC3)n2)c(C)c1OCCCc1cc(C2CC2)no1. The number of ether oxygens (including phenoxy) is 1. The smallest absolute Gasteiger partial charge is 0.230 e. The lowest BCUT2D eigenvalue weighted by molar-refractivity contribution is 0.296. The van der Waals surface area contributed by atoms with Crippen molar-refractivity contribution in [2.24, 2.45) is 0 Å². The highest BCUT2D eigenvalue weighted by Crippen LogP contribution is 2.41. The number of aromatic nitrogens is 3. The molecule has 2 aliphatic rings. The summed E-state index contributed by atoms with van der Waals surface area (Å²) in [7, 11) is 0. The highest BCUT2D eigenvalue weighted by molar-refractivity contribution is 5.65. The second-order valence-corrected chi connectivity index (χ2v) is 8.06. The van der Waals surface area contributed by atoms with Gasteiger partial charge >= 0.3 is 0 Å². The number of hydrogen-bond donors (Lipinski definition) is 0. The second kappa shape index (κ2) is 7.08. The maximum atomic E-state index is 6.14. The highest BCUT2D eigenvalue weighted by Gasteiger charge is 2.30. The molecule has 6 heteroatoms. The zero-order chi connectivity index (χ0) is 19.1. The average molecular weight is 379 g/mol. The molecule has 0 atom stereocenters. The van der Waals surface area contributed by atoms with Crippen molar-refractivity contribution in [3.8, 4) is 17.1 Å². The van der Waals surface area contributed by atoms with Gasteiger partial charge in [0.2, 0.25) is 11.7 Å². The van der Waals surface area contributed by atoms with Crippen LogP contribution in [-0.2, 0) is 6.42 Å². The molecule has 0 amide bonds. The fourth-order valence-corrected chi connectivity index (χ4v) is 3.57. The summed E-state index contributed by atoms with van der Waals surface area (Å²) in [6.45, 7) is 4.75. The fraction of sp³-hybridized carbons (Fsp3) is 0.500. The molecule has 2 fully saturated rings. The summed E-state index contributed by atoms with van der Waals surface area (Å²) in [6, 6.07) is 6.21. The molecule has 2 aliphatic carbocycles. The predicted octanol–water partition coefficient (Wildman–Crippen LogP) is 5.11. The highest BCUT2D eigenvalue weighted by atomic mass is 16.5. The normalized spacial score (nSPS) is 16.5. The summed E-state index contributed by atoms with van der Waals surface area (Å²) in [5, 5.41) is 8.34. The summed E-state index contributed by atoms with van der Waals surface area (Å²) in [5.74, 6) is 4.36. The Morgan fingerprint density at radius 3 is 2.64 bits per heavy atom. The molecule has 0 N–H and O–H groups in total. The summed E-state index contributed by atoms with van der Waals surface area (Å²) in [4.78, 5) is 4.58. The van der Waals surface area contributed by atoms with Crippen LogP contribution in [0.2, 0.25) is 0 Å². The van der Waals surface area contributed by atoms with Crippen molar-refractivity contribution in [1.29, 1.82) is 0 Å². The van der Waals surface area contributed by atoms with Gasteiger partial charge < -0.3 is 13.8 Å². The van der Waals surface area contributed by atoms with Gasteiger partial charge in [-0.2, -0.15) is 4.98 Å². The lowest BCUT2D eigenvalue weighted by atomic mass is 10.0. The van der Waals surface area contributed by atoms with E-state index in [2.05, 4.69) is 41.3 Å². The summed E-state index contributed by atoms with van der Waals surface area (Å²) < 4.78 is 17.0. The zero-order valence-electron chi connectivity index (χ0n) is 16.4. The van der Waals surface area contributed by atoms with E-state index in [0.717, 1.165) is 65.5 Å². The average Bonchev–Trinajstić information content (AvgIpc) is 3.63. The molecule has 0 bridgehead atoms. The predicted molar refractivity (Wildman–Crippen MR) is 103 cm³/mol. The number of rotatable bonds is 8. The first kappa shape index (κ1) is 17.5. The van der Waals surface area contributed by atoms with E-state index in [9.17, 15) is 0 Å². The van der Waals surface area contributed by atoms with Gasteiger partial charge in [-0.05, 0) is 51.5 Å². The van der Waals surface area contributed by atoms with Gasteiger partial charge in [-0.25, -0.2) is 0 Å². The molecule has 146 valence electrons. The van der Waals surface area contributed by atoms with Gasteiger partial charge in [-0.3, -0.25) is 0 Å². The molecule has 2 heterocycles. The first-order chi connectivity index (χ1) is 13.7. The molecule has 0 radical (unpaired) electrons. The Morgan fingerprint density at radius 2 is 1.86 bits per heavy atom. The monoisotopic (exact) mass is 379 g/mol. The minimum absolute atomic E-state index is 0.458. The van der Waals surface area contributed by atoms with E-state index in [1.807, 2.05) is 6.07 Å². The van der Waals surface area contributed by atoms with Crippen LogP contribution in [0.5, 0.6) is 5.75 Å². The van der Waals surface area contributed by atoms with Crippen LogP contribution in [0.1, 0.15) is 72.4 Å². The number of benzene rings is 1. The van der Waals surface area contributed by atoms with Crippen molar-refractivity contribution in [2.75, 3.05) is 6.61 Å². The lowest BCUT2D eigenvalue weighted by Gasteiger charge is -2.14. The van der Waals surface area contributed by atoms with Gasteiger partial charge in [0.1, 0.15) is 11.5 Å². The van der Waals surface area contributed by atoms with E-state index >= 15 is 0 Å². The first-order valence-corrected chi connectivity index (χ1v) is 10.2. The molecule has 2 aromatic heterocycles. The van der Waals surface area contributed by atoms with Crippen LogP contribution in [0.3, 0.4) is 0 Å². The van der Waals surface area contributed by atoms with Gasteiger partial charge in [0.25, 0.3) is 0 Å². The van der Waals surface area contributed by atoms with E-state index < -0.39 is 0 Å². The third-order valence-corrected chi connectivity index (χ3v) is 5.60. The number of aryl methyl sites for hydroxylation is 2. The van der Waals surface area contributed by atoms with Crippen molar-refractivity contribution in [3.63, 3.8) is 0 Å². The summed E-state index contributed by atoms with van der Waals surface area (Å²) in [5.41, 5.74) is 4.25. The minimum Gasteiger partial charge on any atom is -0.493 e. The van der Waals surface area contributed by atoms with Crippen LogP contribution in [0.25, 0.3) is 11.4 Å². The zero-order valence-corrected chi connectivity index (χ0v) is 16.4. The fourth-order valence-electron chi connectivity index (χ4n) is 3.57. The standard InChI is InChI=1S/C22H25N3O3/c1-13-5-10-18(21-23-22(28-25-21)16-8-9-16)14(2)20(13)26-11-3-4-17-12-19(24-27-17)15-6-7-15/h5,10,12,15-16H,3-4,6-9,11H2,1-2H3. The van der Waals surface area contributed by atoms with Crippen LogP contribution in [-0.4, -0.2) is 21.9 Å². The van der Waals surface area contributed by atoms with Crippen LogP contribution >= 0.6 is 0 Å². The van der Waals surface area contributed by atoms with Gasteiger partial charge in [0.15, 0.2) is 0 Å². The molecule has 28 heavy (non-hydrogen) atoms. The Hall–Kier alpha value is -2.63. The van der Waals surface area contributed by atoms with Crippen LogP contribution in [0.15, 0.2) is 27.2 Å². The molecular formula is C22H25N3O3. The number of hydrogen-bond acceptors (Lipinski definition) is 6. The Kier molecular flexibility index (Phi) is 4.41. The Bertz CT molecular complexity index is 983. The van der Waals surface area contributed by atoms with Gasteiger partial charge in [0.05, 0.1) is 12.3 Å². The molecule has 5 rings (SSSR count). The first-order valence-electron chi connectivity index (χ1n) is 10.2. The molecule has 6 nitrogen and oxygen atoms in total. The molecule has 0 spiro atoms. The third-order valence-electron chi connectivity index (χ3n) is 5.60. The van der Waals surface area contributed by atoms with E-state index in [4.69, 9.17) is 13.8 Å². The minimum atomic E-state index is 0.458. The molecule has 2 saturated carbocycles. The third kappa shape index (κ3) is 3.55. The van der Waals surface area contributed by atoms with Gasteiger partial charge in [-0.1, -0.05) is 22.4 Å². The van der Waals surface area contributed by atoms with Gasteiger partial charge in [-0.15, -0.1) is 0 Å². The van der Waals surface area contributed by atoms with Crippen molar-refractivity contribution >= 4 is 0 Å². The Balaban J connectivity index is 1.23. The molecule has 1 aromatic carbocycles. The van der Waals surface area contributed by atoms with E-state index in [0.29, 0.717) is 24.3 Å². The van der Waals surface area contributed by atoms with E-state index in [1.165, 1.54) is 12.8 Å². The maximum absolute atomic E-state index is 6.14. The van der Waals surface area contributed by atoms with Crippen LogP contribution in [0.4, 0.5) is 0 Å². The van der Waals surface area contributed by atoms with E-state index in [1.54, 1.807) is 0 Å². The summed E-state index contributed by atoms with van der Waals surface area (Å²) in [6.07, 6.45) is 6.51. The molecule has 0 saturated heterocycles.